The third-order valence-corrected chi connectivity index (χ3v) is 4.60. The number of hydrogen-bond donors (Lipinski definition) is 1. The summed E-state index contributed by atoms with van der Waals surface area (Å²) in [5.41, 5.74) is 0.907. The van der Waals surface area contributed by atoms with Crippen molar-refractivity contribution in [1.29, 1.82) is 0 Å². The lowest BCUT2D eigenvalue weighted by Crippen LogP contribution is -2.40. The highest BCUT2D eigenvalue weighted by atomic mass is 16.3. The fourth-order valence-corrected chi connectivity index (χ4v) is 3.66. The Hall–Kier alpha value is -1.51. The van der Waals surface area contributed by atoms with Gasteiger partial charge in [0.15, 0.2) is 0 Å². The van der Waals surface area contributed by atoms with E-state index < -0.39 is 0 Å². The Bertz CT molecular complexity index is 472. The van der Waals surface area contributed by atoms with Gasteiger partial charge in [-0.15, -0.1) is 0 Å². The van der Waals surface area contributed by atoms with Gasteiger partial charge >= 0.3 is 0 Å². The van der Waals surface area contributed by atoms with E-state index in [4.69, 9.17) is 0 Å². The van der Waals surface area contributed by atoms with Crippen molar-refractivity contribution in [2.45, 2.75) is 44.6 Å². The van der Waals surface area contributed by atoms with Crippen LogP contribution in [0.15, 0.2) is 24.3 Å². The van der Waals surface area contributed by atoms with E-state index in [2.05, 4.69) is 4.90 Å². The van der Waals surface area contributed by atoms with E-state index in [9.17, 15) is 9.90 Å². The standard InChI is InChI=1S/C16H21NO2/c18-14-6-3-4-12(10-14)11-16(19)17-9-8-13-5-1-2-7-15(13)17/h3-4,6,10,13,15,18H,1-2,5,7-9,11H2. The zero-order valence-corrected chi connectivity index (χ0v) is 11.2. The lowest BCUT2D eigenvalue weighted by Gasteiger charge is -2.31. The quantitative estimate of drug-likeness (QED) is 0.887. The Labute approximate surface area is 114 Å². The zero-order valence-electron chi connectivity index (χ0n) is 11.2. The van der Waals surface area contributed by atoms with Crippen molar-refractivity contribution >= 4 is 5.91 Å². The van der Waals surface area contributed by atoms with Gasteiger partial charge in [0, 0.05) is 12.6 Å². The molecule has 2 aliphatic rings. The SMILES string of the molecule is O=C(Cc1cccc(O)c1)N1CCC2CCCCC21. The van der Waals surface area contributed by atoms with Gasteiger partial charge in [0.2, 0.25) is 5.91 Å². The van der Waals surface area contributed by atoms with Crippen LogP contribution in [0, 0.1) is 5.92 Å². The molecule has 2 unspecified atom stereocenters. The van der Waals surface area contributed by atoms with Crippen LogP contribution in [-0.2, 0) is 11.2 Å². The molecule has 2 atom stereocenters. The van der Waals surface area contributed by atoms with Crippen LogP contribution in [0.1, 0.15) is 37.7 Å². The first kappa shape index (κ1) is 12.5. The first-order valence-electron chi connectivity index (χ1n) is 7.31. The van der Waals surface area contributed by atoms with Gasteiger partial charge in [-0.05, 0) is 42.9 Å². The smallest absolute Gasteiger partial charge is 0.227 e. The lowest BCUT2D eigenvalue weighted by atomic mass is 9.85. The van der Waals surface area contributed by atoms with Crippen LogP contribution in [0.5, 0.6) is 5.75 Å². The number of rotatable bonds is 2. The number of carbonyl (C=O) groups excluding carboxylic acids is 1. The summed E-state index contributed by atoms with van der Waals surface area (Å²) in [5, 5.41) is 9.45. The Balaban J connectivity index is 1.67. The molecule has 1 heterocycles. The second-order valence-corrected chi connectivity index (χ2v) is 5.83. The molecule has 1 aromatic rings. The predicted molar refractivity (Wildman–Crippen MR) is 73.9 cm³/mol. The fraction of sp³-hybridized carbons (Fsp3) is 0.562. The van der Waals surface area contributed by atoms with Gasteiger partial charge in [-0.1, -0.05) is 25.0 Å². The second kappa shape index (κ2) is 5.24. The number of phenolic OH excluding ortho intramolecular Hbond substituents is 1. The summed E-state index contributed by atoms with van der Waals surface area (Å²) in [4.78, 5) is 14.5. The highest BCUT2D eigenvalue weighted by molar-refractivity contribution is 5.79. The van der Waals surface area contributed by atoms with Gasteiger partial charge in [0.05, 0.1) is 6.42 Å². The zero-order chi connectivity index (χ0) is 13.2. The lowest BCUT2D eigenvalue weighted by molar-refractivity contribution is -0.132. The summed E-state index contributed by atoms with van der Waals surface area (Å²) in [7, 11) is 0. The van der Waals surface area contributed by atoms with Crippen LogP contribution in [0.2, 0.25) is 0 Å². The summed E-state index contributed by atoms with van der Waals surface area (Å²) < 4.78 is 0. The number of amides is 1. The van der Waals surface area contributed by atoms with Gasteiger partial charge in [0.25, 0.3) is 0 Å². The summed E-state index contributed by atoms with van der Waals surface area (Å²) in [6, 6.07) is 7.52. The van der Waals surface area contributed by atoms with Crippen molar-refractivity contribution in [1.82, 2.24) is 4.90 Å². The topological polar surface area (TPSA) is 40.5 Å². The van der Waals surface area contributed by atoms with Crippen molar-refractivity contribution in [2.75, 3.05) is 6.54 Å². The molecule has 19 heavy (non-hydrogen) atoms. The van der Waals surface area contributed by atoms with Gasteiger partial charge in [-0.2, -0.15) is 0 Å². The van der Waals surface area contributed by atoms with Crippen LogP contribution in [0.25, 0.3) is 0 Å². The predicted octanol–water partition coefficient (Wildman–Crippen LogP) is 2.73. The number of benzene rings is 1. The third-order valence-electron chi connectivity index (χ3n) is 4.60. The van der Waals surface area contributed by atoms with Crippen molar-refractivity contribution in [3.63, 3.8) is 0 Å². The summed E-state index contributed by atoms with van der Waals surface area (Å²) in [5.74, 6) is 1.20. The van der Waals surface area contributed by atoms with Gasteiger partial charge < -0.3 is 10.0 Å². The monoisotopic (exact) mass is 259 g/mol. The minimum Gasteiger partial charge on any atom is -0.508 e. The molecule has 3 heteroatoms. The van der Waals surface area contributed by atoms with Crippen LogP contribution in [-0.4, -0.2) is 28.5 Å². The first-order chi connectivity index (χ1) is 9.24. The molecule has 0 spiro atoms. The van der Waals surface area contributed by atoms with E-state index in [1.54, 1.807) is 18.2 Å². The summed E-state index contributed by atoms with van der Waals surface area (Å²) >= 11 is 0. The summed E-state index contributed by atoms with van der Waals surface area (Å²) in [6.07, 6.45) is 6.65. The Morgan fingerprint density at radius 1 is 1.26 bits per heavy atom. The molecule has 1 saturated heterocycles. The Kier molecular flexibility index (Phi) is 3.45. The van der Waals surface area contributed by atoms with E-state index in [0.29, 0.717) is 12.5 Å². The molecule has 0 bridgehead atoms. The number of aromatic hydroxyl groups is 1. The fourth-order valence-electron chi connectivity index (χ4n) is 3.66. The van der Waals surface area contributed by atoms with E-state index >= 15 is 0 Å². The van der Waals surface area contributed by atoms with Crippen molar-refractivity contribution < 1.29 is 9.90 Å². The maximum atomic E-state index is 12.4. The molecular weight excluding hydrogens is 238 g/mol. The third kappa shape index (κ3) is 2.60. The van der Waals surface area contributed by atoms with Gasteiger partial charge in [-0.25, -0.2) is 0 Å². The van der Waals surface area contributed by atoms with Crippen LogP contribution in [0.4, 0.5) is 0 Å². The number of hydrogen-bond acceptors (Lipinski definition) is 2. The van der Waals surface area contributed by atoms with Crippen LogP contribution < -0.4 is 0 Å². The van der Waals surface area contributed by atoms with E-state index in [1.807, 2.05) is 6.07 Å². The Morgan fingerprint density at radius 3 is 2.95 bits per heavy atom. The highest BCUT2D eigenvalue weighted by Crippen LogP contribution is 2.36. The number of carbonyl (C=O) groups is 1. The number of nitrogens with zero attached hydrogens (tertiary/aromatic N) is 1. The molecule has 3 rings (SSSR count). The average molecular weight is 259 g/mol. The molecule has 2 fully saturated rings. The average Bonchev–Trinajstić information content (AvgIpc) is 2.82. The molecule has 1 aliphatic carbocycles. The molecule has 1 N–H and O–H groups in total. The molecule has 1 saturated carbocycles. The number of fused-ring (bicyclic) bond motifs is 1. The summed E-state index contributed by atoms with van der Waals surface area (Å²) in [6.45, 7) is 0.924. The molecule has 1 aliphatic heterocycles. The van der Waals surface area contributed by atoms with E-state index in [-0.39, 0.29) is 11.7 Å². The maximum absolute atomic E-state index is 12.4. The molecule has 0 aromatic heterocycles. The van der Waals surface area contributed by atoms with Crippen LogP contribution >= 0.6 is 0 Å². The van der Waals surface area contributed by atoms with E-state index in [0.717, 1.165) is 18.0 Å². The maximum Gasteiger partial charge on any atom is 0.227 e. The highest BCUT2D eigenvalue weighted by Gasteiger charge is 2.37. The second-order valence-electron chi connectivity index (χ2n) is 5.83. The van der Waals surface area contributed by atoms with Crippen molar-refractivity contribution in [3.05, 3.63) is 29.8 Å². The molecule has 3 nitrogen and oxygen atoms in total. The number of likely N-dealkylation sites (tertiary alicyclic amines) is 1. The largest absolute Gasteiger partial charge is 0.508 e. The minimum atomic E-state index is 0.222. The molecule has 1 amide bonds. The normalized spacial score (nSPS) is 26.2. The number of phenols is 1. The molecule has 1 aromatic carbocycles. The van der Waals surface area contributed by atoms with Crippen molar-refractivity contribution in [2.24, 2.45) is 5.92 Å². The van der Waals surface area contributed by atoms with E-state index in [1.165, 1.54) is 32.1 Å². The molecule has 102 valence electrons. The molecule has 0 radical (unpaired) electrons. The van der Waals surface area contributed by atoms with Gasteiger partial charge in [-0.3, -0.25) is 4.79 Å². The Morgan fingerprint density at radius 2 is 2.11 bits per heavy atom. The van der Waals surface area contributed by atoms with Crippen LogP contribution in [0.3, 0.4) is 0 Å². The first-order valence-corrected chi connectivity index (χ1v) is 7.31. The van der Waals surface area contributed by atoms with Crippen molar-refractivity contribution in [3.8, 4) is 5.75 Å². The minimum absolute atomic E-state index is 0.222. The molecular formula is C16H21NO2. The van der Waals surface area contributed by atoms with Gasteiger partial charge in [0.1, 0.15) is 5.75 Å².